The van der Waals surface area contributed by atoms with Crippen LogP contribution in [0.2, 0.25) is 0 Å². The van der Waals surface area contributed by atoms with Crippen molar-refractivity contribution in [3.63, 3.8) is 0 Å². The largest absolute Gasteiger partial charge is 0.366 e. The fraction of sp³-hybridized carbons (Fsp3) is 0.714. The van der Waals surface area contributed by atoms with Crippen LogP contribution in [-0.4, -0.2) is 34.0 Å². The number of hydrogen-bond donors (Lipinski definition) is 1. The Balaban J connectivity index is 1.63. The second-order valence-electron chi connectivity index (χ2n) is 7.80. The van der Waals surface area contributed by atoms with Crippen molar-refractivity contribution < 1.29 is 0 Å². The maximum atomic E-state index is 9.41. The smallest absolute Gasteiger partial charge is 0.144 e. The highest BCUT2D eigenvalue weighted by molar-refractivity contribution is 8.33. The Morgan fingerprint density at radius 1 is 1.12 bits per heavy atom. The number of rotatable bonds is 8. The molecule has 25 heavy (non-hydrogen) atoms. The van der Waals surface area contributed by atoms with Crippen LogP contribution in [0.25, 0.3) is 0 Å². The van der Waals surface area contributed by atoms with Gasteiger partial charge < -0.3 is 5.32 Å². The zero-order chi connectivity index (χ0) is 17.9. The van der Waals surface area contributed by atoms with Crippen molar-refractivity contribution in [2.45, 2.75) is 64.8 Å². The van der Waals surface area contributed by atoms with Crippen LogP contribution in [0.15, 0.2) is 12.1 Å². The van der Waals surface area contributed by atoms with Crippen LogP contribution in [-0.2, 0) is 0 Å². The molecular weight excluding hydrogens is 326 g/mol. The number of nitrogens with zero attached hydrogens (tertiary/aromatic N) is 2. The Morgan fingerprint density at radius 3 is 2.44 bits per heavy atom. The van der Waals surface area contributed by atoms with Gasteiger partial charge >= 0.3 is 0 Å². The third kappa shape index (κ3) is 4.31. The Bertz CT molecular complexity index is 620. The molecule has 2 saturated carbocycles. The zero-order valence-corrected chi connectivity index (χ0v) is 16.9. The molecule has 2 unspecified atom stereocenters. The maximum Gasteiger partial charge on any atom is 0.144 e. The first-order valence-electron chi connectivity index (χ1n) is 10.0. The summed E-state index contributed by atoms with van der Waals surface area (Å²) in [7, 11) is -0.408. The lowest BCUT2D eigenvalue weighted by Gasteiger charge is -2.39. The van der Waals surface area contributed by atoms with Crippen molar-refractivity contribution in [1.82, 2.24) is 4.98 Å². The molecule has 0 aromatic carbocycles. The average Bonchev–Trinajstić information content (AvgIpc) is 3.41. The maximum absolute atomic E-state index is 9.41. The Labute approximate surface area is 154 Å². The van der Waals surface area contributed by atoms with Gasteiger partial charge in [0.15, 0.2) is 0 Å². The SMILES string of the molecule is CCS(CC)(CC)CC1CCC(Nc2nc(C3CC3)ccc2C#N)C1. The van der Waals surface area contributed by atoms with E-state index in [9.17, 15) is 5.26 Å². The molecule has 0 spiro atoms. The summed E-state index contributed by atoms with van der Waals surface area (Å²) in [5.74, 6) is 7.87. The number of nitriles is 1. The second kappa shape index (κ2) is 7.99. The molecule has 0 saturated heterocycles. The summed E-state index contributed by atoms with van der Waals surface area (Å²) >= 11 is 0. The monoisotopic (exact) mass is 359 g/mol. The Hall–Kier alpha value is -1.21. The van der Waals surface area contributed by atoms with E-state index in [1.54, 1.807) is 0 Å². The molecular formula is C21H33N3S. The van der Waals surface area contributed by atoms with E-state index in [1.165, 1.54) is 60.8 Å². The summed E-state index contributed by atoms with van der Waals surface area (Å²) in [6.07, 6.45) is 6.29. The van der Waals surface area contributed by atoms with Crippen molar-refractivity contribution in [3.8, 4) is 6.07 Å². The van der Waals surface area contributed by atoms with Gasteiger partial charge in [-0.25, -0.2) is 15.0 Å². The minimum absolute atomic E-state index is 0.408. The molecule has 1 aromatic heterocycles. The van der Waals surface area contributed by atoms with Crippen LogP contribution >= 0.6 is 10.0 Å². The van der Waals surface area contributed by atoms with Gasteiger partial charge in [-0.2, -0.15) is 5.26 Å². The molecule has 3 rings (SSSR count). The Kier molecular flexibility index (Phi) is 5.94. The molecule has 0 aliphatic heterocycles. The molecule has 4 heteroatoms. The summed E-state index contributed by atoms with van der Waals surface area (Å²) in [5, 5.41) is 13.0. The normalized spacial score (nSPS) is 24.1. The lowest BCUT2D eigenvalue weighted by Crippen LogP contribution is -2.21. The fourth-order valence-corrected chi connectivity index (χ4v) is 7.53. The first-order chi connectivity index (χ1) is 12.1. The minimum Gasteiger partial charge on any atom is -0.366 e. The quantitative estimate of drug-likeness (QED) is 0.687. The van der Waals surface area contributed by atoms with Gasteiger partial charge in [-0.3, -0.25) is 0 Å². The van der Waals surface area contributed by atoms with Crippen molar-refractivity contribution in [1.29, 1.82) is 5.26 Å². The first kappa shape index (κ1) is 18.6. The van der Waals surface area contributed by atoms with E-state index in [1.807, 2.05) is 12.1 Å². The van der Waals surface area contributed by atoms with Crippen molar-refractivity contribution in [2.24, 2.45) is 5.92 Å². The number of hydrogen-bond acceptors (Lipinski definition) is 3. The van der Waals surface area contributed by atoms with Gasteiger partial charge in [-0.05, 0) is 73.2 Å². The summed E-state index contributed by atoms with van der Waals surface area (Å²) < 4.78 is 0. The van der Waals surface area contributed by atoms with Crippen LogP contribution < -0.4 is 5.32 Å². The standard InChI is InChI=1S/C21H33N3S/c1-4-25(5-2,6-3)15-16-7-11-19(13-16)23-21-18(14-22)10-12-20(24-21)17-8-9-17/h10,12,16-17,19H,4-9,11,13,15H2,1-3H3,(H,23,24). The van der Waals surface area contributed by atoms with E-state index in [4.69, 9.17) is 4.98 Å². The lowest BCUT2D eigenvalue weighted by atomic mass is 10.1. The van der Waals surface area contributed by atoms with Gasteiger partial charge in [0.25, 0.3) is 0 Å². The summed E-state index contributed by atoms with van der Waals surface area (Å²) in [5.41, 5.74) is 1.87. The van der Waals surface area contributed by atoms with Crippen molar-refractivity contribution in [3.05, 3.63) is 23.4 Å². The highest BCUT2D eigenvalue weighted by atomic mass is 32.3. The number of aromatic nitrogens is 1. The van der Waals surface area contributed by atoms with E-state index in [0.717, 1.165) is 11.7 Å². The van der Waals surface area contributed by atoms with Gasteiger partial charge in [0.2, 0.25) is 0 Å². The molecule has 0 radical (unpaired) electrons. The summed E-state index contributed by atoms with van der Waals surface area (Å²) in [6, 6.07) is 6.80. The van der Waals surface area contributed by atoms with Gasteiger partial charge in [-0.1, -0.05) is 20.8 Å². The number of nitrogens with one attached hydrogen (secondary N) is 1. The summed E-state index contributed by atoms with van der Waals surface area (Å²) in [4.78, 5) is 4.79. The van der Waals surface area contributed by atoms with Gasteiger partial charge in [0.1, 0.15) is 11.9 Å². The van der Waals surface area contributed by atoms with Crippen LogP contribution in [0, 0.1) is 17.2 Å². The lowest BCUT2D eigenvalue weighted by molar-refractivity contribution is 0.608. The zero-order valence-electron chi connectivity index (χ0n) is 16.1. The second-order valence-corrected chi connectivity index (χ2v) is 12.3. The molecule has 0 bridgehead atoms. The predicted octanol–water partition coefficient (Wildman–Crippen LogP) is 5.28. The van der Waals surface area contributed by atoms with E-state index in [0.29, 0.717) is 17.5 Å². The fourth-order valence-electron chi connectivity index (χ4n) is 4.30. The average molecular weight is 360 g/mol. The molecule has 3 nitrogen and oxygen atoms in total. The highest BCUT2D eigenvalue weighted by Gasteiger charge is 2.31. The molecule has 138 valence electrons. The molecule has 1 aromatic rings. The van der Waals surface area contributed by atoms with Crippen LogP contribution in [0.4, 0.5) is 5.82 Å². The number of anilines is 1. The molecule has 2 fully saturated rings. The van der Waals surface area contributed by atoms with Crippen molar-refractivity contribution in [2.75, 3.05) is 28.3 Å². The van der Waals surface area contributed by atoms with Gasteiger partial charge in [0, 0.05) is 17.7 Å². The molecule has 1 N–H and O–H groups in total. The highest BCUT2D eigenvalue weighted by Crippen LogP contribution is 2.51. The van der Waals surface area contributed by atoms with E-state index in [-0.39, 0.29) is 0 Å². The van der Waals surface area contributed by atoms with E-state index < -0.39 is 10.0 Å². The summed E-state index contributed by atoms with van der Waals surface area (Å²) in [6.45, 7) is 7.17. The molecule has 2 aliphatic rings. The third-order valence-corrected chi connectivity index (χ3v) is 11.2. The third-order valence-electron chi connectivity index (χ3n) is 6.34. The molecule has 2 aliphatic carbocycles. The molecule has 2 atom stereocenters. The predicted molar refractivity (Wildman–Crippen MR) is 110 cm³/mol. The van der Waals surface area contributed by atoms with Crippen LogP contribution in [0.5, 0.6) is 0 Å². The van der Waals surface area contributed by atoms with Crippen LogP contribution in [0.1, 0.15) is 70.1 Å². The van der Waals surface area contributed by atoms with Gasteiger partial charge in [-0.15, -0.1) is 0 Å². The van der Waals surface area contributed by atoms with Gasteiger partial charge in [0.05, 0.1) is 5.56 Å². The minimum atomic E-state index is -0.408. The first-order valence-corrected chi connectivity index (χ1v) is 12.4. The van der Waals surface area contributed by atoms with Crippen molar-refractivity contribution >= 4 is 15.8 Å². The molecule has 1 heterocycles. The van der Waals surface area contributed by atoms with E-state index in [2.05, 4.69) is 32.2 Å². The van der Waals surface area contributed by atoms with Crippen LogP contribution in [0.3, 0.4) is 0 Å². The van der Waals surface area contributed by atoms with E-state index >= 15 is 0 Å². The topological polar surface area (TPSA) is 48.7 Å². The Morgan fingerprint density at radius 2 is 1.84 bits per heavy atom. The molecule has 0 amide bonds. The number of pyridine rings is 1.